The monoisotopic (exact) mass is 305 g/mol. The average molecular weight is 305 g/mol. The highest BCUT2D eigenvalue weighted by molar-refractivity contribution is 7.03. The van der Waals surface area contributed by atoms with Crippen LogP contribution in [0, 0.1) is 0 Å². The van der Waals surface area contributed by atoms with Crippen molar-refractivity contribution in [1.29, 1.82) is 0 Å². The van der Waals surface area contributed by atoms with Gasteiger partial charge in [0.15, 0.2) is 17.2 Å². The van der Waals surface area contributed by atoms with Crippen LogP contribution < -0.4 is 9.47 Å². The van der Waals surface area contributed by atoms with Gasteiger partial charge in [0.05, 0.1) is 6.54 Å². The molecule has 2 aromatic rings. The number of hydrogen-bond acceptors (Lipinski definition) is 6. The summed E-state index contributed by atoms with van der Waals surface area (Å²) in [5, 5.41) is 5.51. The highest BCUT2D eigenvalue weighted by Gasteiger charge is 2.25. The fourth-order valence-electron chi connectivity index (χ4n) is 2.19. The number of rotatable bonds is 4. The first kappa shape index (κ1) is 13.8. The lowest BCUT2D eigenvalue weighted by molar-refractivity contribution is 0.0682. The van der Waals surface area contributed by atoms with Crippen LogP contribution in [0.3, 0.4) is 0 Å². The number of nitrogens with zero attached hydrogens (tertiary/aromatic N) is 3. The molecule has 7 heteroatoms. The van der Waals surface area contributed by atoms with E-state index in [-0.39, 0.29) is 18.7 Å². The van der Waals surface area contributed by atoms with Crippen LogP contribution in [0.5, 0.6) is 11.5 Å². The van der Waals surface area contributed by atoms with Gasteiger partial charge in [-0.1, -0.05) is 16.6 Å². The van der Waals surface area contributed by atoms with Gasteiger partial charge in [-0.05, 0) is 31.4 Å². The van der Waals surface area contributed by atoms with Crippen molar-refractivity contribution in [1.82, 2.24) is 14.5 Å². The molecule has 1 aliphatic heterocycles. The van der Waals surface area contributed by atoms with Crippen molar-refractivity contribution in [2.24, 2.45) is 0 Å². The van der Waals surface area contributed by atoms with E-state index >= 15 is 0 Å². The Kier molecular flexibility index (Phi) is 3.74. The summed E-state index contributed by atoms with van der Waals surface area (Å²) in [6.45, 7) is 4.61. The summed E-state index contributed by atoms with van der Waals surface area (Å²) >= 11 is 1.17. The van der Waals surface area contributed by atoms with E-state index in [4.69, 9.17) is 9.47 Å². The lowest BCUT2D eigenvalue weighted by Gasteiger charge is -2.26. The van der Waals surface area contributed by atoms with Crippen molar-refractivity contribution in [3.63, 3.8) is 0 Å². The highest BCUT2D eigenvalue weighted by Crippen LogP contribution is 2.36. The number of carbonyl (C=O) groups is 1. The molecule has 1 aromatic carbocycles. The fraction of sp³-hybridized carbons (Fsp3) is 0.357. The minimum absolute atomic E-state index is 0.0392. The molecule has 0 unspecified atom stereocenters. The van der Waals surface area contributed by atoms with E-state index in [1.54, 1.807) is 10.3 Å². The Labute approximate surface area is 126 Å². The third-order valence-electron chi connectivity index (χ3n) is 3.28. The van der Waals surface area contributed by atoms with Gasteiger partial charge >= 0.3 is 0 Å². The number of aromatic nitrogens is 2. The smallest absolute Gasteiger partial charge is 0.275 e. The number of para-hydroxylation sites is 1. The maximum Gasteiger partial charge on any atom is 0.275 e. The summed E-state index contributed by atoms with van der Waals surface area (Å²) in [6, 6.07) is 5.74. The SMILES string of the molecule is CC(C)N(Cc1cccc2c1OCO2)C(=O)c1csnn1. The third-order valence-corrected chi connectivity index (χ3v) is 3.79. The predicted octanol–water partition coefficient (Wildman–Crippen LogP) is 2.32. The van der Waals surface area contributed by atoms with Crippen LogP contribution in [0.25, 0.3) is 0 Å². The van der Waals surface area contributed by atoms with Crippen molar-refractivity contribution < 1.29 is 14.3 Å². The van der Waals surface area contributed by atoms with E-state index in [0.29, 0.717) is 18.0 Å². The molecule has 0 saturated carbocycles. The Morgan fingerprint density at radius 1 is 1.43 bits per heavy atom. The zero-order valence-corrected chi connectivity index (χ0v) is 12.6. The maximum atomic E-state index is 12.5. The highest BCUT2D eigenvalue weighted by atomic mass is 32.1. The van der Waals surface area contributed by atoms with Crippen molar-refractivity contribution in [3.8, 4) is 11.5 Å². The average Bonchev–Trinajstić information content (AvgIpc) is 3.14. The van der Waals surface area contributed by atoms with Gasteiger partial charge in [0, 0.05) is 17.0 Å². The molecule has 0 aliphatic carbocycles. The van der Waals surface area contributed by atoms with Crippen LogP contribution in [0.2, 0.25) is 0 Å². The zero-order chi connectivity index (χ0) is 14.8. The molecular weight excluding hydrogens is 290 g/mol. The number of hydrogen-bond donors (Lipinski definition) is 0. The molecule has 0 N–H and O–H groups in total. The van der Waals surface area contributed by atoms with Crippen molar-refractivity contribution >= 4 is 17.4 Å². The van der Waals surface area contributed by atoms with Gasteiger partial charge in [-0.2, -0.15) is 0 Å². The Bertz CT molecular complexity index is 643. The molecule has 1 amide bonds. The molecule has 1 aliphatic rings. The second-order valence-electron chi connectivity index (χ2n) is 4.97. The quantitative estimate of drug-likeness (QED) is 0.867. The molecule has 3 rings (SSSR count). The molecule has 0 bridgehead atoms. The van der Waals surface area contributed by atoms with Crippen LogP contribution in [-0.2, 0) is 6.54 Å². The zero-order valence-electron chi connectivity index (χ0n) is 11.8. The van der Waals surface area contributed by atoms with Gasteiger partial charge in [0.25, 0.3) is 5.91 Å². The van der Waals surface area contributed by atoms with Crippen LogP contribution in [0.4, 0.5) is 0 Å². The number of amides is 1. The molecule has 6 nitrogen and oxygen atoms in total. The molecule has 0 fully saturated rings. The first-order chi connectivity index (χ1) is 10.2. The maximum absolute atomic E-state index is 12.5. The van der Waals surface area contributed by atoms with Crippen molar-refractivity contribution in [2.45, 2.75) is 26.4 Å². The second kappa shape index (κ2) is 5.69. The second-order valence-corrected chi connectivity index (χ2v) is 5.58. The lowest BCUT2D eigenvalue weighted by Crippen LogP contribution is -2.36. The largest absolute Gasteiger partial charge is 0.454 e. The Balaban J connectivity index is 1.87. The van der Waals surface area contributed by atoms with Crippen molar-refractivity contribution in [3.05, 3.63) is 34.8 Å². The molecular formula is C14H15N3O3S. The molecule has 21 heavy (non-hydrogen) atoms. The topological polar surface area (TPSA) is 64.6 Å². The fourth-order valence-corrected chi connectivity index (χ4v) is 2.62. The summed E-state index contributed by atoms with van der Waals surface area (Å²) in [4.78, 5) is 14.3. The molecule has 0 radical (unpaired) electrons. The minimum atomic E-state index is -0.129. The summed E-state index contributed by atoms with van der Waals surface area (Å²) in [5.74, 6) is 1.31. The van der Waals surface area contributed by atoms with Gasteiger partial charge in [-0.3, -0.25) is 4.79 Å². The lowest BCUT2D eigenvalue weighted by atomic mass is 10.1. The first-order valence-electron chi connectivity index (χ1n) is 6.62. The van der Waals surface area contributed by atoms with E-state index in [1.165, 1.54) is 11.5 Å². The summed E-state index contributed by atoms with van der Waals surface area (Å²) < 4.78 is 14.6. The molecule has 110 valence electrons. The molecule has 0 spiro atoms. The van der Waals surface area contributed by atoms with E-state index in [2.05, 4.69) is 9.59 Å². The Morgan fingerprint density at radius 2 is 2.29 bits per heavy atom. The van der Waals surface area contributed by atoms with E-state index in [0.717, 1.165) is 11.3 Å². The van der Waals surface area contributed by atoms with Gasteiger partial charge in [-0.15, -0.1) is 5.10 Å². The molecule has 0 saturated heterocycles. The van der Waals surface area contributed by atoms with Gasteiger partial charge in [-0.25, -0.2) is 0 Å². The van der Waals surface area contributed by atoms with E-state index < -0.39 is 0 Å². The van der Waals surface area contributed by atoms with Gasteiger partial charge in [0.2, 0.25) is 6.79 Å². The predicted molar refractivity (Wildman–Crippen MR) is 77.5 cm³/mol. The Morgan fingerprint density at radius 3 is 3.00 bits per heavy atom. The van der Waals surface area contributed by atoms with Crippen LogP contribution >= 0.6 is 11.5 Å². The molecule has 1 aromatic heterocycles. The number of benzene rings is 1. The number of ether oxygens (including phenoxy) is 2. The summed E-state index contributed by atoms with van der Waals surface area (Å²) in [5.41, 5.74) is 1.30. The van der Waals surface area contributed by atoms with E-state index in [9.17, 15) is 4.79 Å². The summed E-state index contributed by atoms with van der Waals surface area (Å²) in [7, 11) is 0. The van der Waals surface area contributed by atoms with Gasteiger partial charge < -0.3 is 14.4 Å². The first-order valence-corrected chi connectivity index (χ1v) is 7.46. The van der Waals surface area contributed by atoms with Crippen molar-refractivity contribution in [2.75, 3.05) is 6.79 Å². The van der Waals surface area contributed by atoms with Crippen LogP contribution in [0.15, 0.2) is 23.6 Å². The summed E-state index contributed by atoms with van der Waals surface area (Å²) in [6.07, 6.45) is 0. The van der Waals surface area contributed by atoms with Crippen LogP contribution in [0.1, 0.15) is 29.9 Å². The molecule has 0 atom stereocenters. The Hall–Kier alpha value is -2.15. The van der Waals surface area contributed by atoms with Crippen LogP contribution in [-0.4, -0.2) is 33.2 Å². The molecule has 2 heterocycles. The minimum Gasteiger partial charge on any atom is -0.454 e. The van der Waals surface area contributed by atoms with Gasteiger partial charge in [0.1, 0.15) is 0 Å². The number of fused-ring (bicyclic) bond motifs is 1. The normalized spacial score (nSPS) is 12.7. The van der Waals surface area contributed by atoms with E-state index in [1.807, 2.05) is 32.0 Å². The third kappa shape index (κ3) is 2.69. The standard InChI is InChI=1S/C14H15N3O3S/c1-9(2)17(14(18)11-7-21-16-15-11)6-10-4-3-5-12-13(10)20-8-19-12/h3-5,7,9H,6,8H2,1-2H3. The number of carbonyl (C=O) groups excluding carboxylic acids is 1.